The first kappa shape index (κ1) is 21.6. The summed E-state index contributed by atoms with van der Waals surface area (Å²) in [6.07, 6.45) is 8.26. The molecule has 31 heavy (non-hydrogen) atoms. The molecule has 0 unspecified atom stereocenters. The number of fused-ring (bicyclic) bond motifs is 1. The van der Waals surface area contributed by atoms with Crippen LogP contribution in [0.4, 0.5) is 0 Å². The zero-order valence-electron chi connectivity index (χ0n) is 17.2. The van der Waals surface area contributed by atoms with E-state index in [0.29, 0.717) is 21.7 Å². The van der Waals surface area contributed by atoms with E-state index < -0.39 is 5.91 Å². The predicted octanol–water partition coefficient (Wildman–Crippen LogP) is 6.58. The third kappa shape index (κ3) is 4.83. The molecule has 0 bridgehead atoms. The molecular formula is C23H23ClN4O2S. The lowest BCUT2D eigenvalue weighted by atomic mass is 10.1. The maximum Gasteiger partial charge on any atom is 0.283 e. The lowest BCUT2D eigenvalue weighted by Gasteiger charge is -2.19. The molecule has 2 aromatic rings. The van der Waals surface area contributed by atoms with E-state index in [1.807, 2.05) is 18.2 Å². The number of nitrogens with one attached hydrogen (secondary N) is 1. The van der Waals surface area contributed by atoms with Crippen molar-refractivity contribution in [1.82, 2.24) is 5.01 Å². The number of thioether (sulfide) groups is 1. The van der Waals surface area contributed by atoms with E-state index in [1.54, 1.807) is 18.2 Å². The molecular weight excluding hydrogens is 432 g/mol. The number of nitrogens with zero attached hydrogens (tertiary/aromatic N) is 3. The van der Waals surface area contributed by atoms with Crippen molar-refractivity contribution in [2.75, 3.05) is 0 Å². The molecule has 160 valence electrons. The number of carbonyl (C=O) groups excluding carboxylic acids is 1. The van der Waals surface area contributed by atoms with E-state index in [4.69, 9.17) is 21.4 Å². The SMILES string of the molecule is CCCCCCCC1=NN2C(=N)/C(=C\c3ccc(-c4ccccc4Cl)o3)C(=O)N=C2S1. The van der Waals surface area contributed by atoms with Crippen LogP contribution in [-0.2, 0) is 4.79 Å². The number of hydrazone groups is 1. The van der Waals surface area contributed by atoms with E-state index in [0.717, 1.165) is 29.9 Å². The van der Waals surface area contributed by atoms with Crippen LogP contribution >= 0.6 is 23.4 Å². The van der Waals surface area contributed by atoms with Gasteiger partial charge in [-0.1, -0.05) is 56.3 Å². The van der Waals surface area contributed by atoms with Gasteiger partial charge in [-0.25, -0.2) is 0 Å². The molecule has 0 radical (unpaired) electrons. The van der Waals surface area contributed by atoms with Gasteiger partial charge in [0.25, 0.3) is 5.91 Å². The standard InChI is InChI=1S/C23H23ClN4O2S/c1-2-3-4-5-6-11-20-27-28-21(25)17(22(29)26-23(28)31-20)14-15-12-13-19(30-15)16-9-7-8-10-18(16)24/h7-10,12-14,25H,2-6,11H2,1H3/b17-14+,25-21?. The topological polar surface area (TPSA) is 82.0 Å². The molecule has 1 N–H and O–H groups in total. The van der Waals surface area contributed by atoms with Gasteiger partial charge in [-0.3, -0.25) is 10.2 Å². The Labute approximate surface area is 190 Å². The van der Waals surface area contributed by atoms with Crippen LogP contribution in [0, 0.1) is 5.41 Å². The highest BCUT2D eigenvalue weighted by atomic mass is 35.5. The van der Waals surface area contributed by atoms with Crippen LogP contribution in [0.2, 0.25) is 5.02 Å². The van der Waals surface area contributed by atoms with Crippen LogP contribution < -0.4 is 0 Å². The Bertz CT molecular complexity index is 1100. The molecule has 6 nitrogen and oxygen atoms in total. The van der Waals surface area contributed by atoms with Gasteiger partial charge in [0, 0.05) is 5.56 Å². The number of hydrogen-bond acceptors (Lipinski definition) is 5. The molecule has 1 aromatic carbocycles. The molecule has 1 aromatic heterocycles. The van der Waals surface area contributed by atoms with Gasteiger partial charge in [-0.15, -0.1) is 0 Å². The fourth-order valence-corrected chi connectivity index (χ4v) is 4.55. The fraction of sp³-hybridized carbons (Fsp3) is 0.304. The summed E-state index contributed by atoms with van der Waals surface area (Å²) in [4.78, 5) is 16.7. The second kappa shape index (κ2) is 9.66. The minimum absolute atomic E-state index is 0.0131. The highest BCUT2D eigenvalue weighted by molar-refractivity contribution is 8.26. The third-order valence-electron chi connectivity index (χ3n) is 5.04. The van der Waals surface area contributed by atoms with E-state index >= 15 is 0 Å². The van der Waals surface area contributed by atoms with Gasteiger partial charge in [0.05, 0.1) is 10.6 Å². The maximum atomic E-state index is 12.6. The summed E-state index contributed by atoms with van der Waals surface area (Å²) in [7, 11) is 0. The number of aliphatic imine (C=N–C) groups is 1. The Kier molecular flexibility index (Phi) is 6.73. The Morgan fingerprint density at radius 2 is 1.97 bits per heavy atom. The first-order valence-corrected chi connectivity index (χ1v) is 11.6. The van der Waals surface area contributed by atoms with Crippen molar-refractivity contribution < 1.29 is 9.21 Å². The van der Waals surface area contributed by atoms with E-state index in [2.05, 4.69) is 17.0 Å². The molecule has 4 rings (SSSR count). The number of amidine groups is 2. The average molecular weight is 455 g/mol. The number of amides is 1. The summed E-state index contributed by atoms with van der Waals surface area (Å²) in [5, 5.41) is 16.4. The molecule has 2 aliphatic rings. The smallest absolute Gasteiger partial charge is 0.283 e. The first-order valence-electron chi connectivity index (χ1n) is 10.4. The van der Waals surface area contributed by atoms with E-state index in [-0.39, 0.29) is 11.4 Å². The van der Waals surface area contributed by atoms with Crippen molar-refractivity contribution in [3.05, 3.63) is 52.8 Å². The largest absolute Gasteiger partial charge is 0.457 e. The molecule has 0 atom stereocenters. The first-order chi connectivity index (χ1) is 15.1. The molecule has 8 heteroatoms. The molecule has 3 heterocycles. The monoisotopic (exact) mass is 454 g/mol. The van der Waals surface area contributed by atoms with Crippen LogP contribution in [0.25, 0.3) is 17.4 Å². The van der Waals surface area contributed by atoms with Crippen LogP contribution in [0.15, 0.2) is 56.5 Å². The Morgan fingerprint density at radius 3 is 2.77 bits per heavy atom. The number of unbranched alkanes of at least 4 members (excludes halogenated alkanes) is 4. The van der Waals surface area contributed by atoms with Crippen molar-refractivity contribution in [3.8, 4) is 11.3 Å². The van der Waals surface area contributed by atoms with Crippen LogP contribution in [0.5, 0.6) is 0 Å². The van der Waals surface area contributed by atoms with Crippen molar-refractivity contribution in [3.63, 3.8) is 0 Å². The molecule has 0 aliphatic carbocycles. The Balaban J connectivity index is 1.49. The molecule has 0 fully saturated rings. The fourth-order valence-electron chi connectivity index (χ4n) is 3.39. The summed E-state index contributed by atoms with van der Waals surface area (Å²) in [6.45, 7) is 2.20. The predicted molar refractivity (Wildman–Crippen MR) is 128 cm³/mol. The van der Waals surface area contributed by atoms with Gasteiger partial charge in [0.15, 0.2) is 5.84 Å². The number of rotatable bonds is 8. The van der Waals surface area contributed by atoms with Crippen molar-refractivity contribution in [1.29, 1.82) is 5.41 Å². The molecule has 1 amide bonds. The molecule has 0 saturated carbocycles. The molecule has 2 aliphatic heterocycles. The summed E-state index contributed by atoms with van der Waals surface area (Å²) >= 11 is 7.61. The highest BCUT2D eigenvalue weighted by Gasteiger charge is 2.35. The second-order valence-corrected chi connectivity index (χ2v) is 8.81. The third-order valence-corrected chi connectivity index (χ3v) is 6.34. The summed E-state index contributed by atoms with van der Waals surface area (Å²) in [5.41, 5.74) is 0.917. The van der Waals surface area contributed by atoms with Gasteiger partial charge in [-0.2, -0.15) is 15.1 Å². The van der Waals surface area contributed by atoms with Crippen LogP contribution in [0.3, 0.4) is 0 Å². The molecule has 0 saturated heterocycles. The van der Waals surface area contributed by atoms with Gasteiger partial charge in [-0.05, 0) is 54.9 Å². The zero-order chi connectivity index (χ0) is 21.8. The normalized spacial score (nSPS) is 17.2. The quantitative estimate of drug-likeness (QED) is 0.360. The zero-order valence-corrected chi connectivity index (χ0v) is 18.8. The number of halogens is 1. The van der Waals surface area contributed by atoms with E-state index in [1.165, 1.54) is 42.1 Å². The minimum atomic E-state index is -0.459. The van der Waals surface area contributed by atoms with Gasteiger partial charge >= 0.3 is 0 Å². The minimum Gasteiger partial charge on any atom is -0.457 e. The van der Waals surface area contributed by atoms with Gasteiger partial charge in [0.2, 0.25) is 5.17 Å². The van der Waals surface area contributed by atoms with Gasteiger partial charge in [0.1, 0.15) is 16.6 Å². The van der Waals surface area contributed by atoms with Crippen LogP contribution in [0.1, 0.15) is 51.2 Å². The average Bonchev–Trinajstić information content (AvgIpc) is 3.38. The molecule has 0 spiro atoms. The second-order valence-electron chi connectivity index (χ2n) is 7.36. The Hall–Kier alpha value is -2.64. The lowest BCUT2D eigenvalue weighted by Crippen LogP contribution is -2.35. The van der Waals surface area contributed by atoms with Crippen molar-refractivity contribution in [2.45, 2.75) is 45.4 Å². The van der Waals surface area contributed by atoms with Crippen molar-refractivity contribution in [2.24, 2.45) is 10.1 Å². The number of hydrogen-bond donors (Lipinski definition) is 1. The van der Waals surface area contributed by atoms with E-state index in [9.17, 15) is 4.79 Å². The maximum absolute atomic E-state index is 12.6. The number of benzene rings is 1. The lowest BCUT2D eigenvalue weighted by molar-refractivity contribution is -0.114. The van der Waals surface area contributed by atoms with Crippen LogP contribution in [-0.4, -0.2) is 27.0 Å². The van der Waals surface area contributed by atoms with Gasteiger partial charge < -0.3 is 4.42 Å². The summed E-state index contributed by atoms with van der Waals surface area (Å²) < 4.78 is 5.85. The number of furan rings is 1. The summed E-state index contributed by atoms with van der Waals surface area (Å²) in [6, 6.07) is 10.9. The summed E-state index contributed by atoms with van der Waals surface area (Å²) in [5.74, 6) is 0.600. The highest BCUT2D eigenvalue weighted by Crippen LogP contribution is 2.32. The Morgan fingerprint density at radius 1 is 1.16 bits per heavy atom. The number of carbonyl (C=O) groups is 1. The van der Waals surface area contributed by atoms with Crippen molar-refractivity contribution >= 4 is 51.4 Å².